The summed E-state index contributed by atoms with van der Waals surface area (Å²) in [5.74, 6) is 0. The van der Waals surface area contributed by atoms with Crippen LogP contribution in [-0.4, -0.2) is 22.9 Å². The smallest absolute Gasteiger partial charge is 0.423 e. The number of benzene rings is 3. The topological polar surface area (TPSA) is 52.8 Å². The standard InChI is InChI=1S/C22H22BNO2/c1-2-21(18-10-4-3-5-11-18)24-22-14-7-6-12-19(22)15-17-9-8-13-20(16-17)23(25)26/h3-14,16,25-26H,2,15H2,1H3. The summed E-state index contributed by atoms with van der Waals surface area (Å²) in [6.45, 7) is 2.11. The van der Waals surface area contributed by atoms with Crippen molar-refractivity contribution < 1.29 is 10.0 Å². The summed E-state index contributed by atoms with van der Waals surface area (Å²) >= 11 is 0. The number of para-hydroxylation sites is 1. The van der Waals surface area contributed by atoms with Gasteiger partial charge in [0, 0.05) is 5.71 Å². The molecule has 3 aromatic rings. The monoisotopic (exact) mass is 343 g/mol. The Kier molecular flexibility index (Phi) is 6.00. The van der Waals surface area contributed by atoms with E-state index in [1.54, 1.807) is 6.07 Å². The first-order valence-corrected chi connectivity index (χ1v) is 8.83. The van der Waals surface area contributed by atoms with Crippen molar-refractivity contribution in [2.45, 2.75) is 19.8 Å². The quantitative estimate of drug-likeness (QED) is 0.532. The number of aliphatic imine (C=N–C) groups is 1. The molecular weight excluding hydrogens is 321 g/mol. The Morgan fingerprint density at radius 2 is 1.62 bits per heavy atom. The summed E-state index contributed by atoms with van der Waals surface area (Å²) < 4.78 is 0. The van der Waals surface area contributed by atoms with E-state index in [9.17, 15) is 10.0 Å². The minimum Gasteiger partial charge on any atom is -0.423 e. The van der Waals surface area contributed by atoms with Gasteiger partial charge in [-0.2, -0.15) is 0 Å². The maximum absolute atomic E-state index is 9.38. The van der Waals surface area contributed by atoms with Gasteiger partial charge in [0.2, 0.25) is 0 Å². The van der Waals surface area contributed by atoms with E-state index >= 15 is 0 Å². The molecule has 0 aliphatic heterocycles. The van der Waals surface area contributed by atoms with Crippen LogP contribution in [0.2, 0.25) is 0 Å². The van der Waals surface area contributed by atoms with E-state index in [1.165, 1.54) is 0 Å². The first-order valence-electron chi connectivity index (χ1n) is 8.83. The molecule has 4 heteroatoms. The van der Waals surface area contributed by atoms with E-state index in [0.29, 0.717) is 11.9 Å². The average Bonchev–Trinajstić information content (AvgIpc) is 2.68. The van der Waals surface area contributed by atoms with Crippen molar-refractivity contribution in [2.75, 3.05) is 0 Å². The molecular formula is C22H22BNO2. The molecule has 0 aliphatic carbocycles. The molecule has 0 heterocycles. The van der Waals surface area contributed by atoms with Gasteiger partial charge in [-0.1, -0.05) is 79.7 Å². The van der Waals surface area contributed by atoms with Crippen molar-refractivity contribution in [3.8, 4) is 0 Å². The van der Waals surface area contributed by atoms with Crippen LogP contribution in [0.5, 0.6) is 0 Å². The van der Waals surface area contributed by atoms with Crippen LogP contribution in [0, 0.1) is 0 Å². The van der Waals surface area contributed by atoms with Crippen LogP contribution in [0.15, 0.2) is 83.9 Å². The molecule has 2 N–H and O–H groups in total. The third-order valence-electron chi connectivity index (χ3n) is 4.33. The molecule has 0 bridgehead atoms. The van der Waals surface area contributed by atoms with Gasteiger partial charge in [-0.25, -0.2) is 0 Å². The van der Waals surface area contributed by atoms with Crippen molar-refractivity contribution >= 4 is 24.0 Å². The van der Waals surface area contributed by atoms with Gasteiger partial charge in [-0.05, 0) is 41.1 Å². The molecule has 130 valence electrons. The predicted octanol–water partition coefficient (Wildman–Crippen LogP) is 3.49. The van der Waals surface area contributed by atoms with Crippen LogP contribution < -0.4 is 5.46 Å². The SMILES string of the molecule is CCC(=Nc1ccccc1Cc1cccc(B(O)O)c1)c1ccccc1. The van der Waals surface area contributed by atoms with E-state index < -0.39 is 7.12 Å². The fourth-order valence-electron chi connectivity index (χ4n) is 2.98. The Morgan fingerprint density at radius 1 is 0.885 bits per heavy atom. The lowest BCUT2D eigenvalue weighted by atomic mass is 9.79. The molecule has 26 heavy (non-hydrogen) atoms. The first-order chi connectivity index (χ1) is 12.7. The zero-order valence-electron chi connectivity index (χ0n) is 14.8. The van der Waals surface area contributed by atoms with Gasteiger partial charge in [-0.3, -0.25) is 4.99 Å². The van der Waals surface area contributed by atoms with E-state index in [-0.39, 0.29) is 0 Å². The predicted molar refractivity (Wildman–Crippen MR) is 108 cm³/mol. The van der Waals surface area contributed by atoms with Crippen LogP contribution in [0.4, 0.5) is 5.69 Å². The number of hydrogen-bond acceptors (Lipinski definition) is 3. The van der Waals surface area contributed by atoms with E-state index in [1.807, 2.05) is 54.6 Å². The first kappa shape index (κ1) is 18.1. The molecule has 0 spiro atoms. The Morgan fingerprint density at radius 3 is 2.35 bits per heavy atom. The van der Waals surface area contributed by atoms with Gasteiger partial charge in [0.05, 0.1) is 5.69 Å². The second-order valence-corrected chi connectivity index (χ2v) is 6.20. The van der Waals surface area contributed by atoms with Crippen LogP contribution >= 0.6 is 0 Å². The van der Waals surface area contributed by atoms with Crippen LogP contribution in [0.3, 0.4) is 0 Å². The second-order valence-electron chi connectivity index (χ2n) is 6.20. The van der Waals surface area contributed by atoms with Crippen molar-refractivity contribution in [3.05, 3.63) is 95.6 Å². The molecule has 3 nitrogen and oxygen atoms in total. The molecule has 0 radical (unpaired) electrons. The van der Waals surface area contributed by atoms with Crippen LogP contribution in [0.25, 0.3) is 0 Å². The largest absolute Gasteiger partial charge is 0.488 e. The average molecular weight is 343 g/mol. The highest BCUT2D eigenvalue weighted by atomic mass is 16.4. The Balaban J connectivity index is 1.93. The summed E-state index contributed by atoms with van der Waals surface area (Å²) in [5.41, 5.74) is 5.77. The highest BCUT2D eigenvalue weighted by Gasteiger charge is 2.11. The zero-order chi connectivity index (χ0) is 18.4. The van der Waals surface area contributed by atoms with Crippen LogP contribution in [-0.2, 0) is 6.42 Å². The Bertz CT molecular complexity index is 891. The fourth-order valence-corrected chi connectivity index (χ4v) is 2.98. The summed E-state index contributed by atoms with van der Waals surface area (Å²) in [7, 11) is -1.45. The zero-order valence-corrected chi connectivity index (χ0v) is 14.8. The Hall–Kier alpha value is -2.69. The third-order valence-corrected chi connectivity index (χ3v) is 4.33. The molecule has 0 atom stereocenters. The molecule has 0 saturated carbocycles. The van der Waals surface area contributed by atoms with Crippen molar-refractivity contribution in [1.29, 1.82) is 0 Å². The molecule has 3 aromatic carbocycles. The molecule has 0 aliphatic rings. The fraction of sp³-hybridized carbons (Fsp3) is 0.136. The normalized spacial score (nSPS) is 11.4. The summed E-state index contributed by atoms with van der Waals surface area (Å²) in [5, 5.41) is 18.8. The summed E-state index contributed by atoms with van der Waals surface area (Å²) in [6.07, 6.45) is 1.54. The molecule has 0 saturated heterocycles. The highest BCUT2D eigenvalue weighted by Crippen LogP contribution is 2.23. The summed E-state index contributed by atoms with van der Waals surface area (Å²) in [4.78, 5) is 4.92. The molecule has 0 aromatic heterocycles. The van der Waals surface area contributed by atoms with Crippen LogP contribution in [0.1, 0.15) is 30.0 Å². The lowest BCUT2D eigenvalue weighted by molar-refractivity contribution is 0.425. The number of nitrogens with zero attached hydrogens (tertiary/aromatic N) is 1. The van der Waals surface area contributed by atoms with Crippen molar-refractivity contribution in [3.63, 3.8) is 0 Å². The lowest BCUT2D eigenvalue weighted by Crippen LogP contribution is -2.29. The molecule has 0 amide bonds. The summed E-state index contributed by atoms with van der Waals surface area (Å²) in [6, 6.07) is 25.7. The Labute approximate surface area is 154 Å². The maximum Gasteiger partial charge on any atom is 0.488 e. The highest BCUT2D eigenvalue weighted by molar-refractivity contribution is 6.58. The third kappa shape index (κ3) is 4.48. The van der Waals surface area contributed by atoms with Gasteiger partial charge < -0.3 is 10.0 Å². The molecule has 0 unspecified atom stereocenters. The van der Waals surface area contributed by atoms with Gasteiger partial charge in [0.1, 0.15) is 0 Å². The molecule has 0 fully saturated rings. The van der Waals surface area contributed by atoms with Gasteiger partial charge >= 0.3 is 7.12 Å². The van der Waals surface area contributed by atoms with Gasteiger partial charge in [0.15, 0.2) is 0 Å². The minimum absolute atomic E-state index is 0.502. The maximum atomic E-state index is 9.38. The van der Waals surface area contributed by atoms with Crippen molar-refractivity contribution in [1.82, 2.24) is 0 Å². The van der Waals surface area contributed by atoms with Gasteiger partial charge in [0.25, 0.3) is 0 Å². The second kappa shape index (κ2) is 8.61. The molecule has 3 rings (SSSR count). The van der Waals surface area contributed by atoms with E-state index in [4.69, 9.17) is 4.99 Å². The van der Waals surface area contributed by atoms with Crippen molar-refractivity contribution in [2.24, 2.45) is 4.99 Å². The minimum atomic E-state index is -1.45. The van der Waals surface area contributed by atoms with E-state index in [2.05, 4.69) is 25.1 Å². The number of rotatable bonds is 6. The van der Waals surface area contributed by atoms with Gasteiger partial charge in [-0.15, -0.1) is 0 Å². The van der Waals surface area contributed by atoms with E-state index in [0.717, 1.165) is 34.5 Å². The lowest BCUT2D eigenvalue weighted by Gasteiger charge is -2.10. The number of hydrogen-bond donors (Lipinski definition) is 2.